The molecule has 15 aromatic rings. The van der Waals surface area contributed by atoms with Crippen molar-refractivity contribution >= 4 is 31.5 Å². The van der Waals surface area contributed by atoms with Crippen molar-refractivity contribution in [2.45, 2.75) is 10.8 Å². The summed E-state index contributed by atoms with van der Waals surface area (Å²) in [7, 11) is 0. The van der Waals surface area contributed by atoms with Crippen molar-refractivity contribution in [1.82, 2.24) is 14.8 Å². The number of hydrogen-bond donors (Lipinski definition) is 0. The highest BCUT2D eigenvalue weighted by Gasteiger charge is 2.47. The van der Waals surface area contributed by atoms with Crippen LogP contribution >= 0.6 is 11.3 Å². The van der Waals surface area contributed by atoms with Crippen LogP contribution in [-0.4, -0.2) is 14.8 Å². The molecule has 0 fully saturated rings. The smallest absolute Gasteiger partial charge is 0.168 e. The van der Waals surface area contributed by atoms with E-state index in [9.17, 15) is 0 Å². The van der Waals surface area contributed by atoms with Gasteiger partial charge in [-0.25, -0.2) is 0 Å². The summed E-state index contributed by atoms with van der Waals surface area (Å²) in [4.78, 5) is 0. The Morgan fingerprint density at radius 3 is 1.14 bits per heavy atom. The molecule has 2 aliphatic rings. The average molecular weight is 1110 g/mol. The number of fused-ring (bicyclic) bond motifs is 9. The Morgan fingerprint density at radius 2 is 0.628 bits per heavy atom. The van der Waals surface area contributed by atoms with E-state index in [-0.39, 0.29) is 0 Å². The summed E-state index contributed by atoms with van der Waals surface area (Å²) < 4.78 is 4.67. The first kappa shape index (κ1) is 49.8. The van der Waals surface area contributed by atoms with E-state index in [4.69, 9.17) is 10.2 Å². The molecular formula is C82H53N3S. The SMILES string of the molecule is c1ccc(-c2nnc(-c3ccc(-c4cc(-c5ccc6c(c5)C(c5ccccc5)(c5ccccc5)c5ccccc5-6)cc5c4sc4ccc(-c6ccc7c(c6)C(c6ccccc6)(c6ccccc6)c6ccccc6-7)cc45)cc3)n2-c2ccccc2)cc1. The Bertz CT molecular complexity index is 4990. The maximum absolute atomic E-state index is 4.89. The first-order valence-corrected chi connectivity index (χ1v) is 30.4. The molecule has 0 unspecified atom stereocenters. The highest BCUT2D eigenvalue weighted by Crippen LogP contribution is 2.59. The summed E-state index contributed by atoms with van der Waals surface area (Å²) in [5.41, 5.74) is 24.3. The predicted molar refractivity (Wildman–Crippen MR) is 356 cm³/mol. The molecule has 86 heavy (non-hydrogen) atoms. The van der Waals surface area contributed by atoms with Crippen LogP contribution in [0.4, 0.5) is 0 Å². The Morgan fingerprint density at radius 1 is 0.256 bits per heavy atom. The van der Waals surface area contributed by atoms with E-state index in [1.54, 1.807) is 0 Å². The van der Waals surface area contributed by atoms with Crippen LogP contribution in [0.25, 0.3) is 104 Å². The van der Waals surface area contributed by atoms with Crippen molar-refractivity contribution < 1.29 is 0 Å². The minimum atomic E-state index is -0.534. The van der Waals surface area contributed by atoms with Crippen molar-refractivity contribution in [3.05, 3.63) is 366 Å². The van der Waals surface area contributed by atoms with Gasteiger partial charge < -0.3 is 0 Å². The molecule has 0 aliphatic heterocycles. The normalized spacial score (nSPS) is 13.3. The fourth-order valence-corrected chi connectivity index (χ4v) is 15.8. The first-order chi connectivity index (χ1) is 42.6. The van der Waals surface area contributed by atoms with E-state index in [1.807, 2.05) is 23.5 Å². The molecule has 0 saturated heterocycles. The lowest BCUT2D eigenvalue weighted by Crippen LogP contribution is -2.28. The summed E-state index contributed by atoms with van der Waals surface area (Å²) in [6.07, 6.45) is 0. The van der Waals surface area contributed by atoms with Crippen LogP contribution in [0.5, 0.6) is 0 Å². The zero-order valence-electron chi connectivity index (χ0n) is 46.8. The van der Waals surface area contributed by atoms with Crippen LogP contribution in [0.3, 0.4) is 0 Å². The highest BCUT2D eigenvalue weighted by atomic mass is 32.1. The molecule has 2 aromatic heterocycles. The van der Waals surface area contributed by atoms with Gasteiger partial charge in [-0.3, -0.25) is 4.57 Å². The minimum Gasteiger partial charge on any atom is -0.275 e. The van der Waals surface area contributed by atoms with E-state index in [0.29, 0.717) is 0 Å². The molecule has 0 bridgehead atoms. The summed E-state index contributed by atoms with van der Waals surface area (Å²) in [5, 5.41) is 12.2. The van der Waals surface area contributed by atoms with Crippen LogP contribution in [0.2, 0.25) is 0 Å². The van der Waals surface area contributed by atoms with E-state index in [0.717, 1.165) is 39.6 Å². The Labute approximate surface area is 504 Å². The average Bonchev–Trinajstić information content (AvgIpc) is 1.57. The second-order valence-corrected chi connectivity index (χ2v) is 23.8. The second kappa shape index (κ2) is 20.0. The third-order valence-electron chi connectivity index (χ3n) is 18.3. The zero-order valence-corrected chi connectivity index (χ0v) is 47.7. The van der Waals surface area contributed by atoms with Gasteiger partial charge >= 0.3 is 0 Å². The van der Waals surface area contributed by atoms with Crippen LogP contribution in [0.1, 0.15) is 44.5 Å². The van der Waals surface area contributed by atoms with Crippen molar-refractivity contribution in [3.63, 3.8) is 0 Å². The van der Waals surface area contributed by atoms with Gasteiger partial charge in [-0.05, 0) is 143 Å². The molecule has 3 nitrogen and oxygen atoms in total. The summed E-state index contributed by atoms with van der Waals surface area (Å²) in [6.45, 7) is 0. The predicted octanol–water partition coefficient (Wildman–Crippen LogP) is 20.7. The highest BCUT2D eigenvalue weighted by molar-refractivity contribution is 7.26. The zero-order chi connectivity index (χ0) is 56.8. The van der Waals surface area contributed by atoms with Gasteiger partial charge in [-0.1, -0.05) is 273 Å². The quantitative estimate of drug-likeness (QED) is 0.137. The monoisotopic (exact) mass is 1110 g/mol. The summed E-state index contributed by atoms with van der Waals surface area (Å²) >= 11 is 1.88. The van der Waals surface area contributed by atoms with Gasteiger partial charge in [0.2, 0.25) is 0 Å². The molecule has 17 rings (SSSR count). The van der Waals surface area contributed by atoms with Gasteiger partial charge in [0, 0.05) is 42.6 Å². The molecule has 0 radical (unpaired) electrons. The Hall–Kier alpha value is -10.8. The van der Waals surface area contributed by atoms with Gasteiger partial charge in [0.25, 0.3) is 0 Å². The van der Waals surface area contributed by atoms with Crippen molar-refractivity contribution in [2.75, 3.05) is 0 Å². The number of benzene rings is 13. The largest absolute Gasteiger partial charge is 0.275 e. The number of thiophene rings is 1. The van der Waals surface area contributed by atoms with Gasteiger partial charge in [0.15, 0.2) is 11.6 Å². The number of nitrogens with zero attached hydrogens (tertiary/aromatic N) is 3. The standard InChI is InChI=1S/C82H53N3S/c1-7-23-55(24-8-1)79-83-84-80(85(79)65-33-17-6-18-34-65)56-41-39-54(40-42-56)70-50-60(59-44-47-69-67-36-20-22-38-74(67)82(76(69)53-59,63-29-13-4-14-30-63)64-31-15-5-16-32-64)51-72-71-49-57(45-48-77(71)86-78(70)72)58-43-46-68-66-35-19-21-37-73(66)81(75(68)52-58,61-25-9-2-10-26-61)62-27-11-3-12-28-62/h1-53H. The molecule has 0 amide bonds. The molecule has 402 valence electrons. The second-order valence-electron chi connectivity index (χ2n) is 22.8. The summed E-state index contributed by atoms with van der Waals surface area (Å²) in [5.74, 6) is 1.59. The number of para-hydroxylation sites is 1. The molecule has 4 heteroatoms. The molecule has 13 aromatic carbocycles. The molecule has 0 spiro atoms. The van der Waals surface area contributed by atoms with Crippen LogP contribution < -0.4 is 0 Å². The van der Waals surface area contributed by atoms with Gasteiger partial charge in [-0.15, -0.1) is 21.5 Å². The van der Waals surface area contributed by atoms with Crippen LogP contribution in [0.15, 0.2) is 322 Å². The van der Waals surface area contributed by atoms with E-state index in [1.165, 1.54) is 109 Å². The van der Waals surface area contributed by atoms with E-state index < -0.39 is 10.8 Å². The molecule has 2 aliphatic carbocycles. The molecule has 0 atom stereocenters. The lowest BCUT2D eigenvalue weighted by molar-refractivity contribution is 0.769. The van der Waals surface area contributed by atoms with E-state index >= 15 is 0 Å². The topological polar surface area (TPSA) is 30.7 Å². The maximum atomic E-state index is 4.89. The Kier molecular flexibility index (Phi) is 11.6. The van der Waals surface area contributed by atoms with Gasteiger partial charge in [0.1, 0.15) is 0 Å². The lowest BCUT2D eigenvalue weighted by atomic mass is 9.67. The molecular weight excluding hydrogens is 1060 g/mol. The lowest BCUT2D eigenvalue weighted by Gasteiger charge is -2.34. The third kappa shape index (κ3) is 7.53. The molecule has 0 N–H and O–H groups in total. The number of hydrogen-bond acceptors (Lipinski definition) is 3. The van der Waals surface area contributed by atoms with Crippen LogP contribution in [-0.2, 0) is 10.8 Å². The maximum Gasteiger partial charge on any atom is 0.168 e. The van der Waals surface area contributed by atoms with Crippen molar-refractivity contribution in [3.8, 4) is 84.1 Å². The number of rotatable bonds is 10. The fraction of sp³-hybridized carbons (Fsp3) is 0.0244. The van der Waals surface area contributed by atoms with Crippen LogP contribution in [0, 0.1) is 0 Å². The van der Waals surface area contributed by atoms with Crippen molar-refractivity contribution in [2.24, 2.45) is 0 Å². The number of aromatic nitrogens is 3. The van der Waals surface area contributed by atoms with Crippen molar-refractivity contribution in [1.29, 1.82) is 0 Å². The van der Waals surface area contributed by atoms with Gasteiger partial charge in [-0.2, -0.15) is 0 Å². The minimum absolute atomic E-state index is 0.500. The Balaban J connectivity index is 0.868. The summed E-state index contributed by atoms with van der Waals surface area (Å²) in [6, 6.07) is 119. The fourth-order valence-electron chi connectivity index (χ4n) is 14.6. The third-order valence-corrected chi connectivity index (χ3v) is 19.5. The van der Waals surface area contributed by atoms with E-state index in [2.05, 4.69) is 314 Å². The first-order valence-electron chi connectivity index (χ1n) is 29.5. The van der Waals surface area contributed by atoms with Gasteiger partial charge in [0.05, 0.1) is 10.8 Å². The molecule has 2 heterocycles. The molecule has 0 saturated carbocycles.